The lowest BCUT2D eigenvalue weighted by Gasteiger charge is -2.39. The monoisotopic (exact) mass is 584 g/mol. The fraction of sp³-hybridized carbons (Fsp3) is 0.382. The van der Waals surface area contributed by atoms with E-state index < -0.39 is 0 Å². The molecule has 9 heteroatoms. The number of anilines is 1. The van der Waals surface area contributed by atoms with Gasteiger partial charge >= 0.3 is 0 Å². The highest BCUT2D eigenvalue weighted by Crippen LogP contribution is 2.33. The van der Waals surface area contributed by atoms with E-state index in [9.17, 15) is 14.0 Å². The fourth-order valence-corrected chi connectivity index (χ4v) is 5.91. The van der Waals surface area contributed by atoms with Crippen molar-refractivity contribution in [2.24, 2.45) is 5.92 Å². The number of carbonyl (C=O) groups excluding carboxylic acids is 2. The Labute approximate surface area is 251 Å². The lowest BCUT2D eigenvalue weighted by Crippen LogP contribution is -2.53. The molecular formula is C34H37FN4O4. The second-order valence-electron chi connectivity index (χ2n) is 11.4. The Morgan fingerprint density at radius 1 is 0.884 bits per heavy atom. The van der Waals surface area contributed by atoms with Gasteiger partial charge in [0.1, 0.15) is 5.82 Å². The van der Waals surface area contributed by atoms with Crippen LogP contribution in [-0.4, -0.2) is 74.3 Å². The maximum Gasteiger partial charge on any atom is 0.253 e. The van der Waals surface area contributed by atoms with Crippen LogP contribution in [0.15, 0.2) is 72.6 Å². The molecule has 0 saturated carbocycles. The van der Waals surface area contributed by atoms with E-state index in [0.717, 1.165) is 40.8 Å². The number of rotatable bonds is 7. The van der Waals surface area contributed by atoms with Crippen molar-refractivity contribution in [3.8, 4) is 0 Å². The summed E-state index contributed by atoms with van der Waals surface area (Å²) >= 11 is 0. The van der Waals surface area contributed by atoms with Crippen LogP contribution in [0.5, 0.6) is 0 Å². The van der Waals surface area contributed by atoms with Crippen molar-refractivity contribution in [2.75, 3.05) is 57.5 Å². The summed E-state index contributed by atoms with van der Waals surface area (Å²) in [5.41, 5.74) is 6.82. The van der Waals surface area contributed by atoms with Crippen LogP contribution in [0.2, 0.25) is 0 Å². The van der Waals surface area contributed by atoms with E-state index >= 15 is 0 Å². The molecule has 2 aromatic carbocycles. The quantitative estimate of drug-likeness (QED) is 0.437. The molecule has 43 heavy (non-hydrogen) atoms. The summed E-state index contributed by atoms with van der Waals surface area (Å²) in [7, 11) is 0. The van der Waals surface area contributed by atoms with Gasteiger partial charge in [-0.05, 0) is 60.2 Å². The third kappa shape index (κ3) is 6.63. The minimum atomic E-state index is -0.255. The van der Waals surface area contributed by atoms with Crippen molar-refractivity contribution >= 4 is 23.1 Å². The van der Waals surface area contributed by atoms with E-state index in [4.69, 9.17) is 9.47 Å². The zero-order chi connectivity index (χ0) is 29.8. The Bertz CT molecular complexity index is 1470. The predicted octanol–water partition coefficient (Wildman–Crippen LogP) is 4.62. The van der Waals surface area contributed by atoms with Crippen LogP contribution in [0.3, 0.4) is 0 Å². The van der Waals surface area contributed by atoms with Gasteiger partial charge in [0.2, 0.25) is 5.91 Å². The van der Waals surface area contributed by atoms with E-state index in [1.807, 2.05) is 42.2 Å². The fourth-order valence-electron chi connectivity index (χ4n) is 5.91. The molecule has 8 nitrogen and oxygen atoms in total. The Morgan fingerprint density at radius 2 is 1.53 bits per heavy atom. The number of hydrogen-bond donors (Lipinski definition) is 1. The topological polar surface area (TPSA) is 84.0 Å². The smallest absolute Gasteiger partial charge is 0.253 e. The number of hydrogen-bond acceptors (Lipinski definition) is 6. The van der Waals surface area contributed by atoms with Gasteiger partial charge in [-0.15, -0.1) is 0 Å². The van der Waals surface area contributed by atoms with Crippen molar-refractivity contribution in [3.05, 3.63) is 101 Å². The van der Waals surface area contributed by atoms with Gasteiger partial charge in [-0.2, -0.15) is 0 Å². The van der Waals surface area contributed by atoms with E-state index in [-0.39, 0.29) is 29.6 Å². The molecule has 3 saturated heterocycles. The lowest BCUT2D eigenvalue weighted by molar-refractivity contribution is -0.150. The number of nitrogens with zero attached hydrogens (tertiary/aromatic N) is 3. The number of benzene rings is 2. The van der Waals surface area contributed by atoms with Crippen molar-refractivity contribution in [3.63, 3.8) is 0 Å². The van der Waals surface area contributed by atoms with Gasteiger partial charge in [-0.25, -0.2) is 4.39 Å². The van der Waals surface area contributed by atoms with Crippen LogP contribution in [0.1, 0.15) is 52.9 Å². The number of amides is 2. The Morgan fingerprint density at radius 3 is 2.16 bits per heavy atom. The van der Waals surface area contributed by atoms with Crippen molar-refractivity contribution in [1.29, 1.82) is 0 Å². The average Bonchev–Trinajstić information content (AvgIpc) is 3.02. The molecule has 224 valence electrons. The molecule has 4 heterocycles. The molecule has 2 amide bonds. The van der Waals surface area contributed by atoms with Crippen LogP contribution in [0.4, 0.5) is 10.1 Å². The Hall–Kier alpha value is -4.08. The van der Waals surface area contributed by atoms with Gasteiger partial charge in [0.05, 0.1) is 55.8 Å². The summed E-state index contributed by atoms with van der Waals surface area (Å²) < 4.78 is 24.4. The first-order valence-electron chi connectivity index (χ1n) is 15.0. The first kappa shape index (κ1) is 29.0. The van der Waals surface area contributed by atoms with E-state index in [1.165, 1.54) is 17.7 Å². The summed E-state index contributed by atoms with van der Waals surface area (Å²) in [6, 6.07) is 16.5. The molecule has 0 radical (unpaired) electrons. The Balaban J connectivity index is 1.11. The van der Waals surface area contributed by atoms with E-state index in [2.05, 4.69) is 27.3 Å². The summed E-state index contributed by atoms with van der Waals surface area (Å²) in [5, 5.41) is 3.11. The number of pyridine rings is 1. The SMILES string of the molecule is C[C@@H](NC(=O)c1cncc(N2CCN(C(=O)C3COC3)CC2)c1)c1ccc(C(=C2CCOCC2)c2ccc(F)cc2)cc1. The minimum absolute atomic E-state index is 0.000650. The zero-order valence-electron chi connectivity index (χ0n) is 24.4. The molecule has 6 rings (SSSR count). The highest BCUT2D eigenvalue weighted by Gasteiger charge is 2.32. The standard InChI is InChI=1S/C34H37FN4O4/c1-23(24-2-4-25(5-3-24)32(27-10-16-42-17-11-27)26-6-8-30(35)9-7-26)37-33(40)28-18-31(20-36-19-28)38-12-14-39(15-13-38)34(41)29-21-43-22-29/h2-9,18-20,23,29H,10-17,21-22H2,1H3,(H,37,40)/t23-/m1/s1. The van der Waals surface area contributed by atoms with Crippen LogP contribution < -0.4 is 10.2 Å². The molecule has 3 aliphatic heterocycles. The second kappa shape index (κ2) is 13.1. The van der Waals surface area contributed by atoms with Gasteiger partial charge in [-0.3, -0.25) is 14.6 Å². The van der Waals surface area contributed by atoms with Gasteiger partial charge < -0.3 is 24.6 Å². The molecule has 0 unspecified atom stereocenters. The number of piperazine rings is 1. The van der Waals surface area contributed by atoms with Gasteiger partial charge in [0.25, 0.3) is 5.91 Å². The summed E-state index contributed by atoms with van der Waals surface area (Å²) in [6.45, 7) is 7.05. The maximum absolute atomic E-state index is 13.7. The summed E-state index contributed by atoms with van der Waals surface area (Å²) in [6.07, 6.45) is 5.04. The van der Waals surface area contributed by atoms with Crippen LogP contribution in [0.25, 0.3) is 5.57 Å². The molecular weight excluding hydrogens is 547 g/mol. The van der Waals surface area contributed by atoms with Crippen LogP contribution in [-0.2, 0) is 14.3 Å². The largest absolute Gasteiger partial charge is 0.381 e. The second-order valence-corrected chi connectivity index (χ2v) is 11.4. The third-order valence-corrected chi connectivity index (χ3v) is 8.56. The van der Waals surface area contributed by atoms with Gasteiger partial charge in [-0.1, -0.05) is 42.0 Å². The predicted molar refractivity (Wildman–Crippen MR) is 162 cm³/mol. The number of carbonyl (C=O) groups is 2. The minimum Gasteiger partial charge on any atom is -0.381 e. The molecule has 3 aromatic rings. The molecule has 1 N–H and O–H groups in total. The summed E-state index contributed by atoms with van der Waals surface area (Å²) in [5.74, 6) is -0.277. The zero-order valence-corrected chi connectivity index (χ0v) is 24.4. The van der Waals surface area contributed by atoms with Crippen LogP contribution >= 0.6 is 0 Å². The normalized spacial score (nSPS) is 18.1. The highest BCUT2D eigenvalue weighted by molar-refractivity contribution is 5.95. The summed E-state index contributed by atoms with van der Waals surface area (Å²) in [4.78, 5) is 34.2. The molecule has 0 aliphatic carbocycles. The molecule has 3 fully saturated rings. The third-order valence-electron chi connectivity index (χ3n) is 8.56. The number of nitrogens with one attached hydrogen (secondary N) is 1. The van der Waals surface area contributed by atoms with Crippen molar-refractivity contribution in [1.82, 2.24) is 15.2 Å². The number of ether oxygens (including phenoxy) is 2. The Kier molecular flexibility index (Phi) is 8.81. The molecule has 3 aliphatic rings. The molecule has 1 atom stereocenters. The maximum atomic E-state index is 13.7. The van der Waals surface area contributed by atoms with E-state index in [0.29, 0.717) is 58.2 Å². The molecule has 1 aromatic heterocycles. The van der Waals surface area contributed by atoms with Crippen LogP contribution in [0, 0.1) is 11.7 Å². The van der Waals surface area contributed by atoms with Crippen molar-refractivity contribution in [2.45, 2.75) is 25.8 Å². The first-order chi connectivity index (χ1) is 21.0. The number of aromatic nitrogens is 1. The highest BCUT2D eigenvalue weighted by atomic mass is 19.1. The van der Waals surface area contributed by atoms with E-state index in [1.54, 1.807) is 12.4 Å². The molecule has 0 spiro atoms. The average molecular weight is 585 g/mol. The lowest BCUT2D eigenvalue weighted by atomic mass is 9.89. The van der Waals surface area contributed by atoms with Gasteiger partial charge in [0.15, 0.2) is 0 Å². The van der Waals surface area contributed by atoms with Crippen molar-refractivity contribution < 1.29 is 23.5 Å². The first-order valence-corrected chi connectivity index (χ1v) is 15.0. The molecule has 0 bridgehead atoms. The number of halogens is 1. The van der Waals surface area contributed by atoms with Gasteiger partial charge in [0, 0.05) is 32.4 Å².